The van der Waals surface area contributed by atoms with Gasteiger partial charge in [-0.25, -0.2) is 8.42 Å². The minimum Gasteiger partial charge on any atom is -0.380 e. The van der Waals surface area contributed by atoms with E-state index >= 15 is 0 Å². The van der Waals surface area contributed by atoms with Gasteiger partial charge in [0.15, 0.2) is 0 Å². The fraction of sp³-hybridized carbons (Fsp3) is 0.571. The van der Waals surface area contributed by atoms with E-state index < -0.39 is 10.0 Å². The quantitative estimate of drug-likeness (QED) is 0.594. The summed E-state index contributed by atoms with van der Waals surface area (Å²) in [6.07, 6.45) is 0. The van der Waals surface area contributed by atoms with Crippen LogP contribution in [0.5, 0.6) is 0 Å². The van der Waals surface area contributed by atoms with Crippen LogP contribution in [0.2, 0.25) is 10.0 Å². The lowest BCUT2D eigenvalue weighted by atomic mass is 10.4. The van der Waals surface area contributed by atoms with Gasteiger partial charge >= 0.3 is 0 Å². The molecule has 1 aromatic rings. The highest BCUT2D eigenvalue weighted by molar-refractivity contribution is 7.89. The van der Waals surface area contributed by atoms with Crippen molar-refractivity contribution in [2.75, 3.05) is 39.5 Å². The maximum Gasteiger partial charge on any atom is 0.243 e. The molecule has 0 bridgehead atoms. The number of nitrogens with zero attached hydrogens (tertiary/aromatic N) is 1. The molecular formula is C14H21Cl2NO4S. The Morgan fingerprint density at radius 2 is 1.55 bits per heavy atom. The van der Waals surface area contributed by atoms with Crippen molar-refractivity contribution >= 4 is 33.2 Å². The Balaban J connectivity index is 2.94. The van der Waals surface area contributed by atoms with Crippen LogP contribution in [0.15, 0.2) is 23.1 Å². The van der Waals surface area contributed by atoms with Gasteiger partial charge in [-0.15, -0.1) is 0 Å². The zero-order valence-corrected chi connectivity index (χ0v) is 15.0. The molecule has 0 aliphatic carbocycles. The molecular weight excluding hydrogens is 349 g/mol. The van der Waals surface area contributed by atoms with Crippen LogP contribution in [-0.4, -0.2) is 52.2 Å². The highest BCUT2D eigenvalue weighted by atomic mass is 35.5. The first-order valence-electron chi connectivity index (χ1n) is 7.04. The molecule has 0 heterocycles. The Hall–Kier alpha value is -0.370. The van der Waals surface area contributed by atoms with Gasteiger partial charge in [0, 0.05) is 26.3 Å². The van der Waals surface area contributed by atoms with E-state index in [4.69, 9.17) is 32.7 Å². The molecule has 5 nitrogen and oxygen atoms in total. The molecule has 0 saturated carbocycles. The molecule has 0 atom stereocenters. The van der Waals surface area contributed by atoms with Crippen molar-refractivity contribution in [3.8, 4) is 0 Å². The van der Waals surface area contributed by atoms with Crippen LogP contribution in [0.25, 0.3) is 0 Å². The molecule has 0 spiro atoms. The lowest BCUT2D eigenvalue weighted by Crippen LogP contribution is -2.36. The van der Waals surface area contributed by atoms with Crippen LogP contribution in [0, 0.1) is 0 Å². The van der Waals surface area contributed by atoms with Crippen LogP contribution < -0.4 is 0 Å². The third kappa shape index (κ3) is 5.68. The number of ether oxygens (including phenoxy) is 2. The van der Waals surface area contributed by atoms with Crippen molar-refractivity contribution in [2.24, 2.45) is 0 Å². The van der Waals surface area contributed by atoms with Gasteiger partial charge in [-0.05, 0) is 32.0 Å². The van der Waals surface area contributed by atoms with Gasteiger partial charge in [-0.2, -0.15) is 4.31 Å². The largest absolute Gasteiger partial charge is 0.380 e. The van der Waals surface area contributed by atoms with Crippen LogP contribution in [0.3, 0.4) is 0 Å². The molecule has 0 unspecified atom stereocenters. The molecule has 1 aromatic carbocycles. The Morgan fingerprint density at radius 1 is 1.00 bits per heavy atom. The molecule has 22 heavy (non-hydrogen) atoms. The van der Waals surface area contributed by atoms with Gasteiger partial charge in [-0.1, -0.05) is 23.2 Å². The summed E-state index contributed by atoms with van der Waals surface area (Å²) in [5, 5.41) is 0.521. The third-order valence-electron chi connectivity index (χ3n) is 2.91. The first kappa shape index (κ1) is 19.7. The van der Waals surface area contributed by atoms with Gasteiger partial charge in [-0.3, -0.25) is 0 Å². The Kier molecular flexibility index (Phi) is 8.67. The number of rotatable bonds is 10. The Bertz CT molecular complexity index is 556. The second-order valence-electron chi connectivity index (χ2n) is 4.37. The average Bonchev–Trinajstić information content (AvgIpc) is 2.48. The third-order valence-corrected chi connectivity index (χ3v) is 5.54. The first-order chi connectivity index (χ1) is 10.4. The molecule has 0 aliphatic heterocycles. The molecule has 0 aromatic heterocycles. The first-order valence-corrected chi connectivity index (χ1v) is 9.23. The fourth-order valence-electron chi connectivity index (χ4n) is 1.76. The Morgan fingerprint density at radius 3 is 2.00 bits per heavy atom. The van der Waals surface area contributed by atoms with Gasteiger partial charge in [0.05, 0.1) is 28.2 Å². The van der Waals surface area contributed by atoms with Crippen molar-refractivity contribution in [3.63, 3.8) is 0 Å². The van der Waals surface area contributed by atoms with Crippen LogP contribution in [0.4, 0.5) is 0 Å². The summed E-state index contributed by atoms with van der Waals surface area (Å²) in [7, 11) is -3.67. The van der Waals surface area contributed by atoms with E-state index in [0.717, 1.165) is 0 Å². The van der Waals surface area contributed by atoms with Crippen LogP contribution in [-0.2, 0) is 19.5 Å². The monoisotopic (exact) mass is 369 g/mol. The summed E-state index contributed by atoms with van der Waals surface area (Å²) < 4.78 is 37.2. The summed E-state index contributed by atoms with van der Waals surface area (Å²) in [5.41, 5.74) is 0. The minimum atomic E-state index is -3.67. The van der Waals surface area contributed by atoms with Crippen molar-refractivity contribution in [1.29, 1.82) is 0 Å². The summed E-state index contributed by atoms with van der Waals surface area (Å²) in [5.74, 6) is 0. The van der Waals surface area contributed by atoms with E-state index in [1.807, 2.05) is 13.8 Å². The van der Waals surface area contributed by atoms with Gasteiger partial charge in [0.2, 0.25) is 10.0 Å². The lowest BCUT2D eigenvalue weighted by molar-refractivity contribution is 0.110. The molecule has 0 radical (unpaired) electrons. The maximum atomic E-state index is 12.7. The molecule has 0 fully saturated rings. The molecule has 0 amide bonds. The van der Waals surface area contributed by atoms with E-state index in [1.54, 1.807) is 0 Å². The van der Waals surface area contributed by atoms with Gasteiger partial charge in [0.25, 0.3) is 0 Å². The van der Waals surface area contributed by atoms with E-state index in [-0.39, 0.29) is 23.0 Å². The highest BCUT2D eigenvalue weighted by Crippen LogP contribution is 2.26. The van der Waals surface area contributed by atoms with E-state index in [9.17, 15) is 8.42 Å². The lowest BCUT2D eigenvalue weighted by Gasteiger charge is -2.22. The van der Waals surface area contributed by atoms with Crippen molar-refractivity contribution in [3.05, 3.63) is 28.2 Å². The number of halogens is 2. The van der Waals surface area contributed by atoms with Gasteiger partial charge < -0.3 is 9.47 Å². The predicted molar refractivity (Wildman–Crippen MR) is 88.2 cm³/mol. The standard InChI is InChI=1S/C14H21Cl2NO4S/c1-3-20-9-7-17(8-10-21-4-2)22(18,19)12-5-6-13(15)14(16)11-12/h5-6,11H,3-4,7-10H2,1-2H3. The molecule has 0 aliphatic rings. The van der Waals surface area contributed by atoms with Gasteiger partial charge in [0.1, 0.15) is 0 Å². The second-order valence-corrected chi connectivity index (χ2v) is 7.13. The van der Waals surface area contributed by atoms with E-state index in [2.05, 4.69) is 0 Å². The SMILES string of the molecule is CCOCCN(CCOCC)S(=O)(=O)c1ccc(Cl)c(Cl)c1. The summed E-state index contributed by atoms with van der Waals surface area (Å²) >= 11 is 11.7. The highest BCUT2D eigenvalue weighted by Gasteiger charge is 2.24. The maximum absolute atomic E-state index is 12.7. The molecule has 0 N–H and O–H groups in total. The molecule has 126 valence electrons. The zero-order chi connectivity index (χ0) is 16.6. The number of benzene rings is 1. The average molecular weight is 370 g/mol. The second kappa shape index (κ2) is 9.70. The van der Waals surface area contributed by atoms with Crippen molar-refractivity contribution in [2.45, 2.75) is 18.7 Å². The zero-order valence-electron chi connectivity index (χ0n) is 12.7. The summed E-state index contributed by atoms with van der Waals surface area (Å²) in [4.78, 5) is 0.106. The topological polar surface area (TPSA) is 55.8 Å². The smallest absolute Gasteiger partial charge is 0.243 e. The van der Waals surface area contributed by atoms with E-state index in [0.29, 0.717) is 31.5 Å². The summed E-state index contributed by atoms with van der Waals surface area (Å²) in [6, 6.07) is 4.27. The van der Waals surface area contributed by atoms with E-state index in [1.165, 1.54) is 22.5 Å². The number of hydrogen-bond donors (Lipinski definition) is 0. The molecule has 8 heteroatoms. The molecule has 0 saturated heterocycles. The van der Waals surface area contributed by atoms with Crippen molar-refractivity contribution < 1.29 is 17.9 Å². The fourth-order valence-corrected chi connectivity index (χ4v) is 3.56. The number of sulfonamides is 1. The normalized spacial score (nSPS) is 12.0. The van der Waals surface area contributed by atoms with Crippen LogP contribution in [0.1, 0.15) is 13.8 Å². The predicted octanol–water partition coefficient (Wildman–Crippen LogP) is 3.06. The van der Waals surface area contributed by atoms with Crippen LogP contribution >= 0.6 is 23.2 Å². The molecule has 1 rings (SSSR count). The van der Waals surface area contributed by atoms with Crippen molar-refractivity contribution in [1.82, 2.24) is 4.31 Å². The number of hydrogen-bond acceptors (Lipinski definition) is 4. The minimum absolute atomic E-state index is 0.106. The Labute approximate surface area is 142 Å². The summed E-state index contributed by atoms with van der Waals surface area (Å²) in [6.45, 7) is 5.94.